The first-order valence-corrected chi connectivity index (χ1v) is 9.97. The monoisotopic (exact) mass is 353 g/mol. The van der Waals surface area contributed by atoms with Crippen LogP contribution in [0.1, 0.15) is 6.92 Å². The minimum atomic E-state index is -3.88. The zero-order chi connectivity index (χ0) is 15.8. The van der Waals surface area contributed by atoms with Crippen LogP contribution in [0, 0.1) is 0 Å². The third-order valence-corrected chi connectivity index (χ3v) is 7.36. The molecule has 1 N–H and O–H groups in total. The van der Waals surface area contributed by atoms with Crippen LogP contribution in [-0.2, 0) is 19.9 Å². The Morgan fingerprint density at radius 2 is 1.86 bits per heavy atom. The molecule has 6 nitrogen and oxygen atoms in total. The number of rotatable bonds is 4. The van der Waals surface area contributed by atoms with Gasteiger partial charge in [-0.2, -0.15) is 4.31 Å². The molecule has 0 saturated carbocycles. The molecule has 0 spiro atoms. The Bertz CT molecular complexity index is 715. The molecular formula is C12H16ClNO5S2. The maximum Gasteiger partial charge on any atom is 0.243 e. The predicted molar refractivity (Wildman–Crippen MR) is 79.5 cm³/mol. The summed E-state index contributed by atoms with van der Waals surface area (Å²) in [6.45, 7) is 1.67. The Morgan fingerprint density at radius 1 is 1.29 bits per heavy atom. The predicted octanol–water partition coefficient (Wildman–Crippen LogP) is 0.509. The van der Waals surface area contributed by atoms with Crippen LogP contribution in [0.2, 0.25) is 5.02 Å². The van der Waals surface area contributed by atoms with Crippen molar-refractivity contribution in [3.63, 3.8) is 0 Å². The van der Waals surface area contributed by atoms with Gasteiger partial charge in [-0.05, 0) is 24.3 Å². The molecule has 0 amide bonds. The lowest BCUT2D eigenvalue weighted by atomic mass is 10.2. The maximum atomic E-state index is 12.6. The summed E-state index contributed by atoms with van der Waals surface area (Å²) in [5, 5.41) is 10.3. The summed E-state index contributed by atoms with van der Waals surface area (Å²) >= 11 is 5.74. The first kappa shape index (κ1) is 16.7. The minimum Gasteiger partial charge on any atom is -0.390 e. The summed E-state index contributed by atoms with van der Waals surface area (Å²) in [5.41, 5.74) is 0. The van der Waals surface area contributed by atoms with Crippen molar-refractivity contribution in [3.05, 3.63) is 29.3 Å². The summed E-state index contributed by atoms with van der Waals surface area (Å²) < 4.78 is 49.4. The van der Waals surface area contributed by atoms with E-state index in [9.17, 15) is 21.9 Å². The second kappa shape index (κ2) is 5.85. The second-order valence-electron chi connectivity index (χ2n) is 4.87. The Kier molecular flexibility index (Phi) is 4.65. The van der Waals surface area contributed by atoms with E-state index in [2.05, 4.69) is 0 Å². The number of aliphatic hydroxyl groups excluding tert-OH is 1. The average molecular weight is 354 g/mol. The lowest BCUT2D eigenvalue weighted by molar-refractivity contribution is 0.130. The number of benzene rings is 1. The lowest BCUT2D eigenvalue weighted by Crippen LogP contribution is -2.46. The molecule has 0 unspecified atom stereocenters. The van der Waals surface area contributed by atoms with E-state index in [0.717, 1.165) is 4.31 Å². The highest BCUT2D eigenvalue weighted by molar-refractivity contribution is 7.92. The summed E-state index contributed by atoms with van der Waals surface area (Å²) in [7, 11) is -7.31. The van der Waals surface area contributed by atoms with Gasteiger partial charge in [0.2, 0.25) is 10.0 Å². The fraction of sp³-hybridized carbons (Fsp3) is 0.500. The molecule has 9 heteroatoms. The number of nitrogens with zero attached hydrogens (tertiary/aromatic N) is 1. The molecule has 1 saturated heterocycles. The topological polar surface area (TPSA) is 91.8 Å². The van der Waals surface area contributed by atoms with Gasteiger partial charge in [0.15, 0.2) is 9.84 Å². The molecule has 0 radical (unpaired) electrons. The van der Waals surface area contributed by atoms with Crippen molar-refractivity contribution in [2.24, 2.45) is 0 Å². The van der Waals surface area contributed by atoms with Crippen LogP contribution in [0.25, 0.3) is 0 Å². The SMILES string of the molecule is CCN([C@H]1CS(=O)(=O)C[C@H]1O)S(=O)(=O)c1ccc(Cl)cc1. The van der Waals surface area contributed by atoms with E-state index in [1.54, 1.807) is 6.92 Å². The summed E-state index contributed by atoms with van der Waals surface area (Å²) in [5.74, 6) is -0.779. The van der Waals surface area contributed by atoms with Gasteiger partial charge in [0, 0.05) is 11.6 Å². The normalized spacial score (nSPS) is 25.3. The van der Waals surface area contributed by atoms with E-state index in [1.165, 1.54) is 24.3 Å². The van der Waals surface area contributed by atoms with Gasteiger partial charge in [-0.1, -0.05) is 18.5 Å². The average Bonchev–Trinajstić information content (AvgIpc) is 2.64. The van der Waals surface area contributed by atoms with Gasteiger partial charge < -0.3 is 5.11 Å². The highest BCUT2D eigenvalue weighted by Crippen LogP contribution is 2.25. The standard InChI is InChI=1S/C12H16ClNO5S2/c1-2-14(11-7-20(16,17)8-12(11)15)21(18,19)10-5-3-9(13)4-6-10/h3-6,11-12,15H,2,7-8H2,1H3/t11-,12+/m0/s1. The van der Waals surface area contributed by atoms with Crippen LogP contribution in [0.15, 0.2) is 29.2 Å². The van der Waals surface area contributed by atoms with E-state index in [0.29, 0.717) is 5.02 Å². The number of hydrogen-bond donors (Lipinski definition) is 1. The van der Waals surface area contributed by atoms with Crippen LogP contribution >= 0.6 is 11.6 Å². The maximum absolute atomic E-state index is 12.6. The number of aliphatic hydroxyl groups is 1. The molecule has 1 aliphatic heterocycles. The van der Waals surface area contributed by atoms with Crippen LogP contribution in [0.4, 0.5) is 0 Å². The second-order valence-corrected chi connectivity index (χ2v) is 9.35. The Morgan fingerprint density at radius 3 is 2.29 bits per heavy atom. The Hall–Kier alpha value is -0.670. The minimum absolute atomic E-state index is 0.0187. The van der Waals surface area contributed by atoms with Gasteiger partial charge in [0.05, 0.1) is 28.5 Å². The van der Waals surface area contributed by atoms with Crippen molar-refractivity contribution < 1.29 is 21.9 Å². The summed E-state index contributed by atoms with van der Waals surface area (Å²) in [4.78, 5) is 0.0187. The fourth-order valence-corrected chi connectivity index (χ4v) is 6.09. The zero-order valence-electron chi connectivity index (χ0n) is 11.3. The molecule has 1 aromatic carbocycles. The molecule has 0 bridgehead atoms. The largest absolute Gasteiger partial charge is 0.390 e. The number of hydrogen-bond acceptors (Lipinski definition) is 5. The van der Waals surface area contributed by atoms with Gasteiger partial charge in [-0.15, -0.1) is 0 Å². The van der Waals surface area contributed by atoms with Crippen molar-refractivity contribution in [1.82, 2.24) is 4.31 Å². The smallest absolute Gasteiger partial charge is 0.243 e. The van der Waals surface area contributed by atoms with Gasteiger partial charge >= 0.3 is 0 Å². The van der Waals surface area contributed by atoms with Crippen LogP contribution in [0.5, 0.6) is 0 Å². The molecule has 1 aliphatic rings. The molecular weight excluding hydrogens is 338 g/mol. The molecule has 118 valence electrons. The highest BCUT2D eigenvalue weighted by atomic mass is 35.5. The van der Waals surface area contributed by atoms with Crippen molar-refractivity contribution >= 4 is 31.5 Å². The molecule has 1 heterocycles. The number of halogens is 1. The summed E-state index contributed by atoms with van der Waals surface area (Å²) in [6, 6.07) is 4.65. The van der Waals surface area contributed by atoms with Crippen molar-refractivity contribution in [3.8, 4) is 0 Å². The lowest BCUT2D eigenvalue weighted by Gasteiger charge is -2.28. The van der Waals surface area contributed by atoms with Crippen molar-refractivity contribution in [2.75, 3.05) is 18.1 Å². The number of sulfonamides is 1. The van der Waals surface area contributed by atoms with Crippen LogP contribution < -0.4 is 0 Å². The molecule has 0 aromatic heterocycles. The molecule has 0 aliphatic carbocycles. The third kappa shape index (κ3) is 3.40. The first-order valence-electron chi connectivity index (χ1n) is 6.33. The van der Waals surface area contributed by atoms with Gasteiger partial charge in [-0.3, -0.25) is 0 Å². The molecule has 2 atom stereocenters. The molecule has 21 heavy (non-hydrogen) atoms. The Labute approximate surface area is 129 Å². The van der Waals surface area contributed by atoms with Crippen molar-refractivity contribution in [1.29, 1.82) is 0 Å². The first-order chi connectivity index (χ1) is 9.67. The molecule has 1 fully saturated rings. The molecule has 1 aromatic rings. The molecule has 2 rings (SSSR count). The Balaban J connectivity index is 2.39. The van der Waals surface area contributed by atoms with Gasteiger partial charge in [0.25, 0.3) is 0 Å². The van der Waals surface area contributed by atoms with Crippen LogP contribution in [-0.4, -0.2) is 56.4 Å². The zero-order valence-corrected chi connectivity index (χ0v) is 13.7. The fourth-order valence-electron chi connectivity index (χ4n) is 2.41. The number of likely N-dealkylation sites (N-methyl/N-ethyl adjacent to an activating group) is 1. The third-order valence-electron chi connectivity index (χ3n) is 3.40. The van der Waals surface area contributed by atoms with E-state index in [4.69, 9.17) is 11.6 Å². The van der Waals surface area contributed by atoms with E-state index in [-0.39, 0.29) is 17.2 Å². The highest BCUT2D eigenvalue weighted by Gasteiger charge is 2.44. The van der Waals surface area contributed by atoms with Gasteiger partial charge in [0.1, 0.15) is 0 Å². The van der Waals surface area contributed by atoms with E-state index in [1.807, 2.05) is 0 Å². The number of sulfone groups is 1. The van der Waals surface area contributed by atoms with Crippen LogP contribution in [0.3, 0.4) is 0 Å². The van der Waals surface area contributed by atoms with Crippen molar-refractivity contribution in [2.45, 2.75) is 24.0 Å². The van der Waals surface area contributed by atoms with Gasteiger partial charge in [-0.25, -0.2) is 16.8 Å². The quantitative estimate of drug-likeness (QED) is 0.851. The van der Waals surface area contributed by atoms with E-state index < -0.39 is 37.8 Å². The summed E-state index contributed by atoms with van der Waals surface area (Å²) in [6.07, 6.45) is -1.21. The van der Waals surface area contributed by atoms with E-state index >= 15 is 0 Å².